The van der Waals surface area contributed by atoms with Crippen molar-refractivity contribution < 1.29 is 9.53 Å². The van der Waals surface area contributed by atoms with Gasteiger partial charge >= 0.3 is 0 Å². The Kier molecular flexibility index (Phi) is 4.74. The van der Waals surface area contributed by atoms with Crippen LogP contribution in [0.3, 0.4) is 0 Å². The van der Waals surface area contributed by atoms with Gasteiger partial charge < -0.3 is 9.64 Å². The number of piperidine rings is 1. The lowest BCUT2D eigenvalue weighted by Crippen LogP contribution is -2.57. The first kappa shape index (κ1) is 15.4. The van der Waals surface area contributed by atoms with Crippen molar-refractivity contribution in [3.05, 3.63) is 30.1 Å². The summed E-state index contributed by atoms with van der Waals surface area (Å²) in [6.07, 6.45) is 8.39. The molecule has 1 unspecified atom stereocenters. The number of likely N-dealkylation sites (tertiary alicyclic amines) is 2. The smallest absolute Gasteiger partial charge is 0.248 e. The molecule has 1 spiro atoms. The highest BCUT2D eigenvalue weighted by molar-refractivity contribution is 5.77. The van der Waals surface area contributed by atoms with Gasteiger partial charge in [0.05, 0.1) is 0 Å². The zero-order valence-corrected chi connectivity index (χ0v) is 13.3. The molecule has 3 heterocycles. The van der Waals surface area contributed by atoms with Gasteiger partial charge in [-0.25, -0.2) is 0 Å². The molecule has 1 aromatic rings. The second kappa shape index (κ2) is 6.75. The molecule has 1 atom stereocenters. The minimum Gasteiger partial charge on any atom is -0.375 e. The lowest BCUT2D eigenvalue weighted by atomic mass is 9.86. The molecular formula is C17H25N3O2. The van der Waals surface area contributed by atoms with E-state index in [4.69, 9.17) is 4.74 Å². The number of hydrogen-bond acceptors (Lipinski definition) is 4. The quantitative estimate of drug-likeness (QED) is 0.849. The van der Waals surface area contributed by atoms with Crippen LogP contribution in [0.5, 0.6) is 0 Å². The monoisotopic (exact) mass is 303 g/mol. The average molecular weight is 303 g/mol. The van der Waals surface area contributed by atoms with Gasteiger partial charge in [0.2, 0.25) is 5.91 Å². The fourth-order valence-electron chi connectivity index (χ4n) is 3.95. The number of ether oxygens (including phenoxy) is 1. The van der Waals surface area contributed by atoms with Crippen LogP contribution in [0.1, 0.15) is 31.2 Å². The molecule has 0 aliphatic carbocycles. The molecule has 2 saturated heterocycles. The lowest BCUT2D eigenvalue weighted by molar-refractivity contribution is -0.139. The van der Waals surface area contributed by atoms with E-state index >= 15 is 0 Å². The normalized spacial score (nSPS) is 25.8. The van der Waals surface area contributed by atoms with Crippen molar-refractivity contribution in [1.82, 2.24) is 14.8 Å². The summed E-state index contributed by atoms with van der Waals surface area (Å²) in [6.45, 7) is 3.98. The third-order valence-corrected chi connectivity index (χ3v) is 5.04. The van der Waals surface area contributed by atoms with Gasteiger partial charge in [-0.05, 0) is 49.9 Å². The molecule has 5 heteroatoms. The summed E-state index contributed by atoms with van der Waals surface area (Å²) in [5, 5.41) is 0. The molecule has 2 aliphatic rings. The van der Waals surface area contributed by atoms with E-state index in [0.29, 0.717) is 0 Å². The van der Waals surface area contributed by atoms with E-state index in [1.807, 2.05) is 17.3 Å². The molecule has 2 aliphatic heterocycles. The molecule has 5 nitrogen and oxygen atoms in total. The van der Waals surface area contributed by atoms with Crippen LogP contribution in [0.4, 0.5) is 0 Å². The lowest BCUT2D eigenvalue weighted by Gasteiger charge is -2.46. The van der Waals surface area contributed by atoms with Crippen LogP contribution in [0.25, 0.3) is 0 Å². The highest BCUT2D eigenvalue weighted by atomic mass is 16.5. The van der Waals surface area contributed by atoms with Crippen molar-refractivity contribution >= 4 is 5.91 Å². The van der Waals surface area contributed by atoms with Gasteiger partial charge in [0.15, 0.2) is 0 Å². The Labute approximate surface area is 132 Å². The zero-order chi connectivity index (χ0) is 15.4. The summed E-state index contributed by atoms with van der Waals surface area (Å²) in [5.41, 5.74) is 1.46. The van der Waals surface area contributed by atoms with E-state index in [1.165, 1.54) is 24.8 Å². The van der Waals surface area contributed by atoms with Crippen LogP contribution in [0.2, 0.25) is 0 Å². The summed E-state index contributed by atoms with van der Waals surface area (Å²) in [4.78, 5) is 20.8. The first-order valence-corrected chi connectivity index (χ1v) is 8.14. The van der Waals surface area contributed by atoms with Crippen LogP contribution in [-0.2, 0) is 16.1 Å². The fraction of sp³-hybridized carbons (Fsp3) is 0.647. The predicted octanol–water partition coefficient (Wildman–Crippen LogP) is 1.68. The molecule has 22 heavy (non-hydrogen) atoms. The standard InChI is InChI=1S/C17H25N3O2/c1-22-13-16(21)19-10-2-6-17(14-19)7-3-11-20(17)12-15-4-8-18-9-5-15/h4-5,8-9H,2-3,6-7,10-14H2,1H3. The highest BCUT2D eigenvalue weighted by Gasteiger charge is 2.44. The number of hydrogen-bond donors (Lipinski definition) is 0. The van der Waals surface area contributed by atoms with Crippen LogP contribution < -0.4 is 0 Å². The molecule has 3 rings (SSSR count). The number of rotatable bonds is 4. The van der Waals surface area contributed by atoms with Gasteiger partial charge in [-0.2, -0.15) is 0 Å². The van der Waals surface area contributed by atoms with Crippen molar-refractivity contribution in [2.75, 3.05) is 33.4 Å². The SMILES string of the molecule is COCC(=O)N1CCCC2(CCCN2Cc2ccncc2)C1. The maximum atomic E-state index is 12.2. The first-order chi connectivity index (χ1) is 10.7. The van der Waals surface area contributed by atoms with Gasteiger partial charge in [0, 0.05) is 44.7 Å². The highest BCUT2D eigenvalue weighted by Crippen LogP contribution is 2.38. The minimum absolute atomic E-state index is 0.123. The second-order valence-electron chi connectivity index (χ2n) is 6.46. The summed E-state index contributed by atoms with van der Waals surface area (Å²) in [7, 11) is 1.59. The Morgan fingerprint density at radius 2 is 2.00 bits per heavy atom. The molecular weight excluding hydrogens is 278 g/mol. The number of aromatic nitrogens is 1. The third-order valence-electron chi connectivity index (χ3n) is 5.04. The largest absolute Gasteiger partial charge is 0.375 e. The van der Waals surface area contributed by atoms with Gasteiger partial charge in [-0.1, -0.05) is 0 Å². The number of nitrogens with zero attached hydrogens (tertiary/aromatic N) is 3. The topological polar surface area (TPSA) is 45.7 Å². The maximum Gasteiger partial charge on any atom is 0.248 e. The van der Waals surface area contributed by atoms with Crippen molar-refractivity contribution in [1.29, 1.82) is 0 Å². The molecule has 2 fully saturated rings. The number of pyridine rings is 1. The summed E-state index contributed by atoms with van der Waals surface area (Å²) in [6, 6.07) is 4.17. The summed E-state index contributed by atoms with van der Waals surface area (Å²) in [5.74, 6) is 0.123. The molecule has 0 aromatic carbocycles. The Hall–Kier alpha value is -1.46. The van der Waals surface area contributed by atoms with E-state index in [-0.39, 0.29) is 18.1 Å². The van der Waals surface area contributed by atoms with Crippen molar-refractivity contribution in [3.8, 4) is 0 Å². The molecule has 0 N–H and O–H groups in total. The first-order valence-electron chi connectivity index (χ1n) is 8.14. The molecule has 120 valence electrons. The number of amides is 1. The number of carbonyl (C=O) groups excluding carboxylic acids is 1. The Bertz CT molecular complexity index is 508. The molecule has 0 radical (unpaired) electrons. The fourth-order valence-corrected chi connectivity index (χ4v) is 3.95. The van der Waals surface area contributed by atoms with Crippen LogP contribution in [-0.4, -0.2) is 59.6 Å². The van der Waals surface area contributed by atoms with E-state index in [1.54, 1.807) is 7.11 Å². The number of carbonyl (C=O) groups is 1. The van der Waals surface area contributed by atoms with Crippen molar-refractivity contribution in [2.45, 2.75) is 37.8 Å². The summed E-state index contributed by atoms with van der Waals surface area (Å²) < 4.78 is 5.02. The second-order valence-corrected chi connectivity index (χ2v) is 6.46. The molecule has 1 amide bonds. The average Bonchev–Trinajstić information content (AvgIpc) is 2.90. The van der Waals surface area contributed by atoms with Crippen LogP contribution >= 0.6 is 0 Å². The van der Waals surface area contributed by atoms with Crippen LogP contribution in [0, 0.1) is 0 Å². The Balaban J connectivity index is 1.71. The van der Waals surface area contributed by atoms with Crippen molar-refractivity contribution in [3.63, 3.8) is 0 Å². The third kappa shape index (κ3) is 3.15. The Morgan fingerprint density at radius 1 is 1.27 bits per heavy atom. The Morgan fingerprint density at radius 3 is 2.73 bits per heavy atom. The van der Waals surface area contributed by atoms with Gasteiger partial charge in [0.25, 0.3) is 0 Å². The zero-order valence-electron chi connectivity index (χ0n) is 13.3. The van der Waals surface area contributed by atoms with Crippen LogP contribution in [0.15, 0.2) is 24.5 Å². The van der Waals surface area contributed by atoms with E-state index < -0.39 is 0 Å². The summed E-state index contributed by atoms with van der Waals surface area (Å²) >= 11 is 0. The van der Waals surface area contributed by atoms with E-state index in [2.05, 4.69) is 22.0 Å². The van der Waals surface area contributed by atoms with E-state index in [0.717, 1.165) is 32.6 Å². The van der Waals surface area contributed by atoms with Gasteiger partial charge in [0.1, 0.15) is 6.61 Å². The molecule has 0 bridgehead atoms. The van der Waals surface area contributed by atoms with Crippen molar-refractivity contribution in [2.24, 2.45) is 0 Å². The maximum absolute atomic E-state index is 12.2. The van der Waals surface area contributed by atoms with Gasteiger partial charge in [-0.3, -0.25) is 14.7 Å². The van der Waals surface area contributed by atoms with E-state index in [9.17, 15) is 4.79 Å². The minimum atomic E-state index is 0.123. The van der Waals surface area contributed by atoms with Gasteiger partial charge in [-0.15, -0.1) is 0 Å². The predicted molar refractivity (Wildman–Crippen MR) is 84.3 cm³/mol. The number of methoxy groups -OCH3 is 1. The molecule has 0 saturated carbocycles. The molecule has 1 aromatic heterocycles.